The number of hydrogen-bond acceptors (Lipinski definition) is 5. The molecule has 1 aromatic carbocycles. The minimum absolute atomic E-state index is 0.750. The number of benzene rings is 1. The molecule has 1 atom stereocenters. The van der Waals surface area contributed by atoms with Gasteiger partial charge in [-0.05, 0) is 55.9 Å². The van der Waals surface area contributed by atoms with Crippen LogP contribution in [0.15, 0.2) is 34.7 Å². The summed E-state index contributed by atoms with van der Waals surface area (Å²) in [5.74, 6) is 1.61. The lowest BCUT2D eigenvalue weighted by atomic mass is 9.89. The third-order valence-corrected chi connectivity index (χ3v) is 4.69. The highest BCUT2D eigenvalue weighted by Crippen LogP contribution is 2.27. The highest BCUT2D eigenvalue weighted by molar-refractivity contribution is 7.14. The molecule has 0 spiro atoms. The number of aromatic nitrogens is 1. The Morgan fingerprint density at radius 2 is 2.14 bits per heavy atom. The highest BCUT2D eigenvalue weighted by Gasteiger charge is 2.14. The molecule has 2 aromatic rings. The second-order valence-electron chi connectivity index (χ2n) is 5.76. The van der Waals surface area contributed by atoms with Crippen molar-refractivity contribution in [3.63, 3.8) is 0 Å². The van der Waals surface area contributed by atoms with Gasteiger partial charge in [-0.3, -0.25) is 5.43 Å². The Bertz CT molecular complexity index is 648. The smallest absolute Gasteiger partial charge is 0.203 e. The molecule has 0 amide bonds. The molecule has 0 radical (unpaired) electrons. The van der Waals surface area contributed by atoms with Gasteiger partial charge in [0.05, 0.1) is 12.8 Å². The molecule has 22 heavy (non-hydrogen) atoms. The van der Waals surface area contributed by atoms with E-state index in [-0.39, 0.29) is 0 Å². The molecule has 1 fully saturated rings. The monoisotopic (exact) mass is 315 g/mol. The first-order chi connectivity index (χ1) is 10.7. The molecular formula is C17H21N3OS. The maximum absolute atomic E-state index is 5.18. The first-order valence-corrected chi connectivity index (χ1v) is 8.54. The minimum atomic E-state index is 0.750. The van der Waals surface area contributed by atoms with Crippen molar-refractivity contribution in [2.24, 2.45) is 11.0 Å². The Balaban J connectivity index is 1.66. The zero-order valence-corrected chi connectivity index (χ0v) is 13.8. The lowest BCUT2D eigenvalue weighted by molar-refractivity contribution is 0.415. The van der Waals surface area contributed by atoms with E-state index in [0.29, 0.717) is 0 Å². The summed E-state index contributed by atoms with van der Waals surface area (Å²) in [6, 6.07) is 7.94. The molecule has 1 N–H and O–H groups in total. The van der Waals surface area contributed by atoms with Crippen LogP contribution in [-0.4, -0.2) is 17.8 Å². The van der Waals surface area contributed by atoms with E-state index in [0.717, 1.165) is 40.9 Å². The van der Waals surface area contributed by atoms with Gasteiger partial charge in [0.25, 0.3) is 0 Å². The van der Waals surface area contributed by atoms with Crippen LogP contribution in [0, 0.1) is 5.92 Å². The normalized spacial score (nSPS) is 20.1. The van der Waals surface area contributed by atoms with Crippen LogP contribution in [0.5, 0.6) is 5.75 Å². The predicted octanol–water partition coefficient (Wildman–Crippen LogP) is 4.80. The van der Waals surface area contributed by atoms with Crippen LogP contribution < -0.4 is 10.2 Å². The van der Waals surface area contributed by atoms with Gasteiger partial charge in [0.1, 0.15) is 5.75 Å². The number of hydrazone groups is 1. The fraction of sp³-hybridized carbons (Fsp3) is 0.412. The first-order valence-electron chi connectivity index (χ1n) is 7.66. The molecule has 4 nitrogen and oxygen atoms in total. The van der Waals surface area contributed by atoms with Gasteiger partial charge in [-0.15, -0.1) is 11.3 Å². The van der Waals surface area contributed by atoms with Crippen molar-refractivity contribution in [1.82, 2.24) is 4.98 Å². The van der Waals surface area contributed by atoms with Crippen LogP contribution in [0.4, 0.5) is 5.13 Å². The Morgan fingerprint density at radius 1 is 1.32 bits per heavy atom. The molecule has 0 bridgehead atoms. The quantitative estimate of drug-likeness (QED) is 0.825. The van der Waals surface area contributed by atoms with Gasteiger partial charge in [-0.25, -0.2) is 4.98 Å². The van der Waals surface area contributed by atoms with Crippen molar-refractivity contribution >= 4 is 22.2 Å². The van der Waals surface area contributed by atoms with Crippen molar-refractivity contribution in [2.75, 3.05) is 12.5 Å². The SMILES string of the molecule is COc1ccc(-c2csc(N/N=C3\CCCC(C)C3)n2)cc1. The molecule has 5 heteroatoms. The second-order valence-corrected chi connectivity index (χ2v) is 6.62. The van der Waals surface area contributed by atoms with E-state index in [1.54, 1.807) is 18.4 Å². The second kappa shape index (κ2) is 6.92. The van der Waals surface area contributed by atoms with Gasteiger partial charge in [-0.1, -0.05) is 6.92 Å². The number of ether oxygens (including phenoxy) is 1. The van der Waals surface area contributed by atoms with Gasteiger partial charge in [0, 0.05) is 16.7 Å². The molecule has 0 saturated heterocycles. The van der Waals surface area contributed by atoms with Gasteiger partial charge in [-0.2, -0.15) is 5.10 Å². The van der Waals surface area contributed by atoms with Crippen molar-refractivity contribution in [2.45, 2.75) is 32.6 Å². The largest absolute Gasteiger partial charge is 0.497 e. The van der Waals surface area contributed by atoms with E-state index < -0.39 is 0 Å². The molecule has 1 unspecified atom stereocenters. The van der Waals surface area contributed by atoms with Crippen molar-refractivity contribution in [3.8, 4) is 17.0 Å². The molecule has 1 aromatic heterocycles. The topological polar surface area (TPSA) is 46.5 Å². The summed E-state index contributed by atoms with van der Waals surface area (Å²) in [6.45, 7) is 2.29. The fourth-order valence-electron chi connectivity index (χ4n) is 2.71. The maximum Gasteiger partial charge on any atom is 0.203 e. The van der Waals surface area contributed by atoms with E-state index in [9.17, 15) is 0 Å². The van der Waals surface area contributed by atoms with E-state index in [1.165, 1.54) is 18.6 Å². The Morgan fingerprint density at radius 3 is 2.86 bits per heavy atom. The standard InChI is InChI=1S/C17H21N3OS/c1-12-4-3-5-14(10-12)19-20-17-18-16(11-22-17)13-6-8-15(21-2)9-7-13/h6-9,11-12H,3-5,10H2,1-2H3,(H,18,20)/b19-14+. The minimum Gasteiger partial charge on any atom is -0.497 e. The average molecular weight is 315 g/mol. The summed E-state index contributed by atoms with van der Waals surface area (Å²) >= 11 is 1.58. The lowest BCUT2D eigenvalue weighted by Crippen LogP contribution is -2.13. The molecule has 1 aliphatic carbocycles. The van der Waals surface area contributed by atoms with Crippen LogP contribution in [0.1, 0.15) is 32.6 Å². The van der Waals surface area contributed by atoms with Crippen molar-refractivity contribution in [1.29, 1.82) is 0 Å². The number of hydrogen-bond donors (Lipinski definition) is 1. The summed E-state index contributed by atoms with van der Waals surface area (Å²) in [4.78, 5) is 4.60. The van der Waals surface area contributed by atoms with E-state index in [1.807, 2.05) is 29.6 Å². The van der Waals surface area contributed by atoms with Crippen LogP contribution in [-0.2, 0) is 0 Å². The Labute approximate surface area is 135 Å². The lowest BCUT2D eigenvalue weighted by Gasteiger charge is -2.18. The fourth-order valence-corrected chi connectivity index (χ4v) is 3.37. The summed E-state index contributed by atoms with van der Waals surface area (Å²) < 4.78 is 5.18. The third-order valence-electron chi connectivity index (χ3n) is 3.95. The summed E-state index contributed by atoms with van der Waals surface area (Å²) in [6.07, 6.45) is 4.77. The molecule has 1 heterocycles. The number of anilines is 1. The van der Waals surface area contributed by atoms with Gasteiger partial charge in [0.15, 0.2) is 0 Å². The van der Waals surface area contributed by atoms with E-state index in [4.69, 9.17) is 4.74 Å². The molecule has 0 aliphatic heterocycles. The van der Waals surface area contributed by atoms with Crippen LogP contribution in [0.2, 0.25) is 0 Å². The number of thiazole rings is 1. The molecule has 3 rings (SSSR count). The summed E-state index contributed by atoms with van der Waals surface area (Å²) in [7, 11) is 1.67. The Kier molecular flexibility index (Phi) is 4.73. The third kappa shape index (κ3) is 3.65. The first kappa shape index (κ1) is 15.0. The highest BCUT2D eigenvalue weighted by atomic mass is 32.1. The molecule has 1 saturated carbocycles. The average Bonchev–Trinajstić information content (AvgIpc) is 3.02. The molecular weight excluding hydrogens is 294 g/mol. The zero-order chi connectivity index (χ0) is 15.4. The Hall–Kier alpha value is -1.88. The number of methoxy groups -OCH3 is 1. The summed E-state index contributed by atoms with van der Waals surface area (Å²) in [5.41, 5.74) is 6.43. The van der Waals surface area contributed by atoms with Crippen LogP contribution >= 0.6 is 11.3 Å². The van der Waals surface area contributed by atoms with Gasteiger partial charge < -0.3 is 4.74 Å². The van der Waals surface area contributed by atoms with Crippen LogP contribution in [0.3, 0.4) is 0 Å². The zero-order valence-electron chi connectivity index (χ0n) is 13.0. The molecule has 116 valence electrons. The van der Waals surface area contributed by atoms with Crippen molar-refractivity contribution < 1.29 is 4.74 Å². The van der Waals surface area contributed by atoms with E-state index >= 15 is 0 Å². The number of rotatable bonds is 4. The van der Waals surface area contributed by atoms with Gasteiger partial charge >= 0.3 is 0 Å². The number of nitrogens with zero attached hydrogens (tertiary/aromatic N) is 2. The maximum atomic E-state index is 5.18. The predicted molar refractivity (Wildman–Crippen MR) is 92.8 cm³/mol. The van der Waals surface area contributed by atoms with E-state index in [2.05, 4.69) is 22.4 Å². The van der Waals surface area contributed by atoms with Gasteiger partial charge in [0.2, 0.25) is 5.13 Å². The van der Waals surface area contributed by atoms with Crippen LogP contribution in [0.25, 0.3) is 11.3 Å². The van der Waals surface area contributed by atoms with Crippen molar-refractivity contribution in [3.05, 3.63) is 29.6 Å². The number of nitrogens with one attached hydrogen (secondary N) is 1. The molecule has 1 aliphatic rings. The summed E-state index contributed by atoms with van der Waals surface area (Å²) in [5, 5.41) is 7.43.